The molecule has 0 unspecified atom stereocenters. The zero-order valence-electron chi connectivity index (χ0n) is 7.90. The predicted octanol–water partition coefficient (Wildman–Crippen LogP) is 1.31. The Balaban J connectivity index is 3.47. The Morgan fingerprint density at radius 3 is 2.43 bits per heavy atom. The van der Waals surface area contributed by atoms with Crippen LogP contribution in [0.3, 0.4) is 0 Å². The van der Waals surface area contributed by atoms with Crippen molar-refractivity contribution in [2.45, 2.75) is 13.8 Å². The predicted molar refractivity (Wildman–Crippen MR) is 51.1 cm³/mol. The largest absolute Gasteiger partial charge is 0.366 e. The number of nitrogens with two attached hydrogens (primary N) is 1. The first-order valence-electron chi connectivity index (χ1n) is 3.99. The molecule has 74 valence electrons. The van der Waals surface area contributed by atoms with Crippen LogP contribution in [0.1, 0.15) is 21.5 Å². The Kier molecular flexibility index (Phi) is 2.51. The number of carbonyl (C=O) groups excluding carboxylic acids is 1. The van der Waals surface area contributed by atoms with E-state index in [1.165, 1.54) is 13.0 Å². The van der Waals surface area contributed by atoms with Crippen LogP contribution in [0, 0.1) is 24.0 Å². The number of hydrogen-bond donors (Lipinski definition) is 1. The van der Waals surface area contributed by atoms with Gasteiger partial charge in [-0.3, -0.25) is 14.9 Å². The Hall–Kier alpha value is -1.91. The normalized spacial score (nSPS) is 9.86. The van der Waals surface area contributed by atoms with Crippen LogP contribution in [0.2, 0.25) is 0 Å². The minimum Gasteiger partial charge on any atom is -0.366 e. The van der Waals surface area contributed by atoms with Gasteiger partial charge in [-0.25, -0.2) is 0 Å². The lowest BCUT2D eigenvalue weighted by Crippen LogP contribution is -2.13. The van der Waals surface area contributed by atoms with Crippen molar-refractivity contribution in [3.05, 3.63) is 38.9 Å². The highest BCUT2D eigenvalue weighted by Crippen LogP contribution is 2.23. The van der Waals surface area contributed by atoms with Crippen LogP contribution in [-0.4, -0.2) is 10.8 Å². The number of benzene rings is 1. The summed E-state index contributed by atoms with van der Waals surface area (Å²) in [5.41, 5.74) is 6.19. The zero-order valence-corrected chi connectivity index (χ0v) is 7.90. The molecular formula is C9H10N2O3. The van der Waals surface area contributed by atoms with Crippen molar-refractivity contribution in [3.63, 3.8) is 0 Å². The van der Waals surface area contributed by atoms with E-state index in [4.69, 9.17) is 5.73 Å². The molecule has 0 heterocycles. The molecule has 0 bridgehead atoms. The lowest BCUT2D eigenvalue weighted by Gasteiger charge is -2.03. The lowest BCUT2D eigenvalue weighted by atomic mass is 10.0. The molecule has 0 aliphatic rings. The number of nitro benzene ring substituents is 1. The maximum Gasteiger partial charge on any atom is 0.273 e. The van der Waals surface area contributed by atoms with Crippen molar-refractivity contribution in [3.8, 4) is 0 Å². The van der Waals surface area contributed by atoms with Crippen LogP contribution in [0.5, 0.6) is 0 Å². The average molecular weight is 194 g/mol. The van der Waals surface area contributed by atoms with Crippen molar-refractivity contribution in [1.82, 2.24) is 0 Å². The first-order valence-corrected chi connectivity index (χ1v) is 3.99. The Morgan fingerprint density at radius 2 is 2.00 bits per heavy atom. The molecule has 0 aliphatic carbocycles. The molecule has 1 rings (SSSR count). The molecule has 0 fully saturated rings. The van der Waals surface area contributed by atoms with E-state index in [0.29, 0.717) is 11.1 Å². The molecule has 0 aliphatic heterocycles. The van der Waals surface area contributed by atoms with Gasteiger partial charge < -0.3 is 5.73 Å². The van der Waals surface area contributed by atoms with Crippen molar-refractivity contribution in [2.75, 3.05) is 0 Å². The van der Waals surface area contributed by atoms with Crippen LogP contribution < -0.4 is 5.73 Å². The van der Waals surface area contributed by atoms with Gasteiger partial charge in [0, 0.05) is 17.2 Å². The second kappa shape index (κ2) is 3.45. The second-order valence-corrected chi connectivity index (χ2v) is 3.08. The van der Waals surface area contributed by atoms with Crippen molar-refractivity contribution in [1.29, 1.82) is 0 Å². The molecule has 0 aromatic heterocycles. The number of aryl methyl sites for hydroxylation is 1. The maximum atomic E-state index is 10.9. The van der Waals surface area contributed by atoms with Crippen LogP contribution in [0.4, 0.5) is 5.69 Å². The molecule has 1 amide bonds. The van der Waals surface area contributed by atoms with Gasteiger partial charge in [-0.15, -0.1) is 0 Å². The van der Waals surface area contributed by atoms with Gasteiger partial charge in [-0.2, -0.15) is 0 Å². The van der Waals surface area contributed by atoms with Gasteiger partial charge in [0.1, 0.15) is 0 Å². The zero-order chi connectivity index (χ0) is 10.9. The van der Waals surface area contributed by atoms with Gasteiger partial charge in [0.15, 0.2) is 0 Å². The summed E-state index contributed by atoms with van der Waals surface area (Å²) in [5.74, 6) is -0.644. The number of nitrogens with zero attached hydrogens (tertiary/aromatic N) is 1. The summed E-state index contributed by atoms with van der Waals surface area (Å²) < 4.78 is 0. The van der Waals surface area contributed by atoms with Gasteiger partial charge in [0.25, 0.3) is 5.69 Å². The Bertz CT molecular complexity index is 378. The van der Waals surface area contributed by atoms with Crippen molar-refractivity contribution in [2.24, 2.45) is 5.73 Å². The fourth-order valence-electron chi connectivity index (χ4n) is 1.29. The highest BCUT2D eigenvalue weighted by Gasteiger charge is 2.17. The average Bonchev–Trinajstić information content (AvgIpc) is 2.07. The molecule has 5 heteroatoms. The summed E-state index contributed by atoms with van der Waals surface area (Å²) in [4.78, 5) is 21.0. The number of nitro groups is 1. The number of amides is 1. The quantitative estimate of drug-likeness (QED) is 0.568. The lowest BCUT2D eigenvalue weighted by molar-refractivity contribution is -0.385. The molecule has 0 radical (unpaired) electrons. The van der Waals surface area contributed by atoms with Gasteiger partial charge in [0.2, 0.25) is 5.91 Å². The molecule has 14 heavy (non-hydrogen) atoms. The fraction of sp³-hybridized carbons (Fsp3) is 0.222. The molecule has 5 nitrogen and oxygen atoms in total. The number of primary amides is 1. The maximum absolute atomic E-state index is 10.9. The van der Waals surface area contributed by atoms with E-state index in [2.05, 4.69) is 0 Å². The third-order valence-electron chi connectivity index (χ3n) is 1.99. The van der Waals surface area contributed by atoms with Crippen LogP contribution >= 0.6 is 0 Å². The van der Waals surface area contributed by atoms with Crippen LogP contribution in [0.25, 0.3) is 0 Å². The van der Waals surface area contributed by atoms with E-state index >= 15 is 0 Å². The minimum atomic E-state index is -0.644. The SMILES string of the molecule is Cc1cc(C(N)=O)c(C)c([N+](=O)[O-])c1. The molecule has 1 aromatic rings. The molecular weight excluding hydrogens is 184 g/mol. The minimum absolute atomic E-state index is 0.0706. The third kappa shape index (κ3) is 1.71. The molecule has 1 aromatic carbocycles. The topological polar surface area (TPSA) is 86.2 Å². The van der Waals surface area contributed by atoms with Crippen LogP contribution in [0.15, 0.2) is 12.1 Å². The summed E-state index contributed by atoms with van der Waals surface area (Å²) in [6, 6.07) is 2.96. The fourth-order valence-corrected chi connectivity index (χ4v) is 1.29. The van der Waals surface area contributed by atoms with E-state index in [0.717, 1.165) is 0 Å². The van der Waals surface area contributed by atoms with Crippen LogP contribution in [-0.2, 0) is 0 Å². The standard InChI is InChI=1S/C9H10N2O3/c1-5-3-7(9(10)12)6(2)8(4-5)11(13)14/h3-4H,1-2H3,(H2,10,12). The van der Waals surface area contributed by atoms with Gasteiger partial charge in [0.05, 0.1) is 4.92 Å². The van der Waals surface area contributed by atoms with Crippen molar-refractivity contribution < 1.29 is 9.72 Å². The molecule has 0 saturated carbocycles. The van der Waals surface area contributed by atoms with E-state index in [1.807, 2.05) is 0 Å². The third-order valence-corrected chi connectivity index (χ3v) is 1.99. The molecule has 0 spiro atoms. The smallest absolute Gasteiger partial charge is 0.273 e. The van der Waals surface area contributed by atoms with Gasteiger partial charge in [-0.1, -0.05) is 0 Å². The highest BCUT2D eigenvalue weighted by molar-refractivity contribution is 5.95. The molecule has 2 N–H and O–H groups in total. The summed E-state index contributed by atoms with van der Waals surface area (Å²) in [6.45, 7) is 3.19. The monoisotopic (exact) mass is 194 g/mol. The van der Waals surface area contributed by atoms with E-state index in [1.54, 1.807) is 13.0 Å². The molecule has 0 atom stereocenters. The second-order valence-electron chi connectivity index (χ2n) is 3.08. The van der Waals surface area contributed by atoms with Crippen molar-refractivity contribution >= 4 is 11.6 Å². The first kappa shape index (κ1) is 10.2. The summed E-state index contributed by atoms with van der Waals surface area (Å²) in [7, 11) is 0. The highest BCUT2D eigenvalue weighted by atomic mass is 16.6. The van der Waals surface area contributed by atoms with E-state index < -0.39 is 10.8 Å². The number of rotatable bonds is 2. The molecule has 0 saturated heterocycles. The number of hydrogen-bond acceptors (Lipinski definition) is 3. The van der Waals surface area contributed by atoms with E-state index in [9.17, 15) is 14.9 Å². The van der Waals surface area contributed by atoms with Gasteiger partial charge in [-0.05, 0) is 25.5 Å². The Labute approximate surface area is 80.7 Å². The summed E-state index contributed by atoms with van der Waals surface area (Å²) in [6.07, 6.45) is 0. The van der Waals surface area contributed by atoms with E-state index in [-0.39, 0.29) is 11.3 Å². The summed E-state index contributed by atoms with van der Waals surface area (Å²) >= 11 is 0. The summed E-state index contributed by atoms with van der Waals surface area (Å²) in [5, 5.41) is 10.6. The van der Waals surface area contributed by atoms with Gasteiger partial charge >= 0.3 is 0 Å². The first-order chi connectivity index (χ1) is 6.43. The Morgan fingerprint density at radius 1 is 1.43 bits per heavy atom. The number of carbonyl (C=O) groups is 1.